The summed E-state index contributed by atoms with van der Waals surface area (Å²) in [6, 6.07) is 14.9. The van der Waals surface area contributed by atoms with Gasteiger partial charge in [0.15, 0.2) is 0 Å². The van der Waals surface area contributed by atoms with Crippen LogP contribution in [0.25, 0.3) is 77.5 Å². The largest absolute Gasteiger partial charge is 0.533 e. The normalized spacial score (nSPS) is 16.2. The maximum absolute atomic E-state index is 9.95. The van der Waals surface area contributed by atoms with Gasteiger partial charge in [-0.2, -0.15) is 18.2 Å². The number of aromatic nitrogens is 5. The summed E-state index contributed by atoms with van der Waals surface area (Å²) in [4.78, 5) is 4.94. The quantitative estimate of drug-likeness (QED) is 0.0419. The van der Waals surface area contributed by atoms with Gasteiger partial charge >= 0.3 is 16.6 Å². The Morgan fingerprint density at radius 2 is 0.889 bits per heavy atom. The van der Waals surface area contributed by atoms with Gasteiger partial charge in [0.05, 0.1) is 63.2 Å². The van der Waals surface area contributed by atoms with Crippen LogP contribution < -0.4 is 49.3 Å². The zero-order valence-electron chi connectivity index (χ0n) is 82.3. The summed E-state index contributed by atoms with van der Waals surface area (Å²) < 4.78 is 313. The molecule has 0 atom stereocenters. The molecule has 0 aliphatic heterocycles. The maximum atomic E-state index is 9.95. The molecule has 0 N–H and O–H groups in total. The van der Waals surface area contributed by atoms with Gasteiger partial charge in [-0.15, -0.1) is 29.7 Å². The minimum absolute atomic E-state index is 0. The van der Waals surface area contributed by atoms with E-state index in [-0.39, 0.29) is 54.7 Å². The third kappa shape index (κ3) is 11.0. The average molecular weight is 1520 g/mol. The van der Waals surface area contributed by atoms with Crippen molar-refractivity contribution in [1.29, 1.82) is 0 Å². The van der Waals surface area contributed by atoms with Crippen molar-refractivity contribution in [2.24, 2.45) is 0 Å². The molecule has 0 bridgehead atoms. The molecule has 0 saturated carbocycles. The van der Waals surface area contributed by atoms with Crippen LogP contribution in [-0.2, 0) is 26.5 Å². The molecule has 0 radical (unpaired) electrons. The summed E-state index contributed by atoms with van der Waals surface area (Å²) in [5.41, 5.74) is 4.23. The fraction of sp³-hybridized carbons (Fsp3) is 0.0455. The number of hydrogen-bond acceptors (Lipinski definition) is 4. The number of ether oxygens (including phenoxy) is 1. The molecule has 0 unspecified atom stereocenters. The molecule has 17 aromatic rings. The minimum Gasteiger partial charge on any atom is -0.533 e. The van der Waals surface area contributed by atoms with E-state index < -0.39 is 246 Å². The number of hydrogen-bond donors (Lipinski definition) is 0. The average Bonchev–Trinajstić information content (AvgIpc) is 1.11. The van der Waals surface area contributed by atoms with Gasteiger partial charge in [0.1, 0.15) is 23.0 Å². The van der Waals surface area contributed by atoms with E-state index in [4.69, 9.17) is 26.8 Å². The van der Waals surface area contributed by atoms with Gasteiger partial charge in [0.25, 0.3) is 6.33 Å². The summed E-state index contributed by atoms with van der Waals surface area (Å²) in [6.07, 6.45) is 5.00. The molecular weight excluding hydrogens is 1430 g/mol. The molecule has 0 amide bonds. The topological polar surface area (TPSA) is 59.2 Å². The van der Waals surface area contributed by atoms with Crippen LogP contribution in [-0.4, -0.2) is 35.3 Å². The summed E-state index contributed by atoms with van der Waals surface area (Å²) in [5.74, 6) is -1.05. The number of pyridine rings is 1. The van der Waals surface area contributed by atoms with E-state index in [0.29, 0.717) is 11.3 Å². The first kappa shape index (κ1) is 37.4. The van der Waals surface area contributed by atoms with Gasteiger partial charge in [-0.1, -0.05) is 274 Å². The van der Waals surface area contributed by atoms with Crippen LogP contribution in [0.5, 0.6) is 23.0 Å². The van der Waals surface area contributed by atoms with E-state index in [1.807, 2.05) is 53.1 Å². The van der Waals surface area contributed by atoms with Crippen molar-refractivity contribution in [1.82, 2.24) is 18.7 Å². The zero-order valence-corrected chi connectivity index (χ0v) is 56.6. The summed E-state index contributed by atoms with van der Waals surface area (Å²) in [6.45, 7) is 6.29. The van der Waals surface area contributed by atoms with Crippen molar-refractivity contribution in [2.75, 3.05) is 0 Å². The van der Waals surface area contributed by atoms with Crippen molar-refractivity contribution in [3.8, 4) is 45.9 Å². The molecule has 17 rings (SSSR count). The van der Waals surface area contributed by atoms with Crippen LogP contribution in [0.15, 0.2) is 339 Å². The molecule has 4 heterocycles. The Bertz CT molecular complexity index is 6930. The fourth-order valence-corrected chi connectivity index (χ4v) is 18.5. The molecule has 0 aliphatic rings. The predicted molar refractivity (Wildman–Crippen MR) is 402 cm³/mol. The van der Waals surface area contributed by atoms with E-state index in [2.05, 4.69) is 80.2 Å². The van der Waals surface area contributed by atoms with Crippen LogP contribution in [0.3, 0.4) is 0 Å². The smallest absolute Gasteiger partial charge is 0.346 e. The van der Waals surface area contributed by atoms with Crippen molar-refractivity contribution in [3.05, 3.63) is 363 Å². The van der Waals surface area contributed by atoms with Gasteiger partial charge in [0.2, 0.25) is 0 Å². The zero-order chi connectivity index (χ0) is 91.9. The second kappa shape index (κ2) is 25.9. The van der Waals surface area contributed by atoms with Crippen LogP contribution in [0.4, 0.5) is 0 Å². The Morgan fingerprint density at radius 3 is 1.40 bits per heavy atom. The molecule has 0 aliphatic carbocycles. The molecule has 0 spiro atoms. The molecule has 99 heavy (non-hydrogen) atoms. The van der Waals surface area contributed by atoms with Crippen LogP contribution >= 0.6 is 0 Å². The van der Waals surface area contributed by atoms with Gasteiger partial charge in [-0.05, 0) is 108 Å². The summed E-state index contributed by atoms with van der Waals surface area (Å²) in [7, 11) is -13.2. The van der Waals surface area contributed by atoms with Gasteiger partial charge < -0.3 is 27.3 Å². The Hall–Kier alpha value is -11.4. The number of para-hydroxylation sites is 5. The first-order chi connectivity index (χ1) is 60.6. The standard InChI is InChI=1S/C88H65N5O3Si2.Pt/c1-88(2,3)63-56-57-89-86(58-63)93-80-55-52-65(92-78-46-24-22-44-74(78)75-45-23-25-47-79(75)92)60-77(80)76-54-53-67(61-83(76)93)94-66-31-28-30-64(59-66)90-62-91(82-49-27-26-48-81(82)90)87-84(95-97(68-32-10-4-11-33-68,69-34-12-5-13-35-69)70-36-14-6-15-37-70)50-29-51-85(87)96-98(71-38-16-7-17-39-71,72-40-18-8-19-41-72)73-42-20-9-21-43-73;/h4-58,60H,1-3H3;/q-2;/i4D,5D,6D,7D,8D,9D,10D,11D,12D,13D,14D,15D,16D,17D,18D,19D,20D,21D,32D,33D,34D,35D,36D,37D,38D,39D,40D,41D,42D,43D;. The van der Waals surface area contributed by atoms with E-state index in [1.165, 1.54) is 16.7 Å². The second-order valence-electron chi connectivity index (χ2n) is 23.6. The minimum atomic E-state index is -6.60. The third-order valence-corrected chi connectivity index (χ3v) is 23.7. The Balaban J connectivity index is 0.0000122. The predicted octanol–water partition coefficient (Wildman–Crippen LogP) is 16.1. The van der Waals surface area contributed by atoms with Gasteiger partial charge in [0, 0.05) is 60.7 Å². The first-order valence-electron chi connectivity index (χ1n) is 45.7. The van der Waals surface area contributed by atoms with E-state index in [9.17, 15) is 32.9 Å². The molecular formula is C88H65N5O3PtSi2-2. The molecule has 0 saturated heterocycles. The van der Waals surface area contributed by atoms with E-state index in [0.717, 1.165) is 72.1 Å². The van der Waals surface area contributed by atoms with Crippen molar-refractivity contribution >= 4 is 102 Å². The Labute approximate surface area is 634 Å². The molecule has 0 fully saturated rings. The summed E-state index contributed by atoms with van der Waals surface area (Å²) >= 11 is 0. The molecule has 4 aromatic heterocycles. The number of nitrogens with zero attached hydrogens (tertiary/aromatic N) is 5. The van der Waals surface area contributed by atoms with Crippen LogP contribution in [0, 0.1) is 18.5 Å². The van der Waals surface area contributed by atoms with E-state index in [1.54, 1.807) is 42.6 Å². The Morgan fingerprint density at radius 1 is 0.424 bits per heavy atom. The van der Waals surface area contributed by atoms with E-state index >= 15 is 0 Å². The maximum Gasteiger partial charge on any atom is 0.346 e. The number of rotatable bonds is 16. The fourth-order valence-electron chi connectivity index (χ4n) is 12.5. The number of imidazole rings is 1. The van der Waals surface area contributed by atoms with Gasteiger partial charge in [-0.25, -0.2) is 4.98 Å². The van der Waals surface area contributed by atoms with Crippen molar-refractivity contribution < 1.29 is 80.3 Å². The molecule has 8 nitrogen and oxygen atoms in total. The first-order valence-corrected chi connectivity index (χ1v) is 34.5. The third-order valence-electron chi connectivity index (χ3n) is 16.9. The molecule has 480 valence electrons. The molecule has 11 heteroatoms. The van der Waals surface area contributed by atoms with Crippen LogP contribution in [0.2, 0.25) is 0 Å². The summed E-state index contributed by atoms with van der Waals surface area (Å²) in [5, 5.41) is -3.11. The SMILES string of the molecule is [2H]c1c([2H])c([2H])c([Si](Oc2cccc(O[Si](c3c([2H])c([2H])c([2H])c([2H])c3[2H])(c3c([2H])c([2H])c([2H])c([2H])c3[2H])c3c([2H])c([2H])c([2H])c([2H])c3[2H])c2-[n+]2[c-]n(-c3[c-]c(Oc4[c-]c5c(cc4)c4cc(-n6c7ccccc7c7ccccc76)ccc4n5-c4cc(C(C)(C)C)ccn4)ccc3)c3ccccc32)(c2c([2H])c([2H])c([2H])c([2H])c2[2H])c2c([2H])c([2H])c([2H])c([2H])c2[2H])c([2H])c1[2H].[Pt]. The van der Waals surface area contributed by atoms with Crippen molar-refractivity contribution in [3.63, 3.8) is 0 Å². The monoisotopic (exact) mass is 1520 g/mol. The number of fused-ring (bicyclic) bond motifs is 7. The Kier molecular flexibility index (Phi) is 9.77. The second-order valence-corrected chi connectivity index (χ2v) is 29.7. The molecule has 13 aromatic carbocycles. The van der Waals surface area contributed by atoms with Crippen LogP contribution in [0.1, 0.15) is 67.5 Å². The van der Waals surface area contributed by atoms with Gasteiger partial charge in [-0.3, -0.25) is 4.57 Å². The number of benzene rings is 13. The van der Waals surface area contributed by atoms with Crippen molar-refractivity contribution in [2.45, 2.75) is 26.2 Å².